The molecule has 1 aromatic heterocycles. The topological polar surface area (TPSA) is 38.0 Å². The monoisotopic (exact) mass is 302 g/mol. The Balaban J connectivity index is 2.38. The number of halogens is 4. The fourth-order valence-corrected chi connectivity index (χ4v) is 2.06. The molecule has 1 aromatic carbocycles. The van der Waals surface area contributed by atoms with Crippen molar-refractivity contribution in [2.75, 3.05) is 0 Å². The first-order chi connectivity index (χ1) is 9.71. The highest BCUT2D eigenvalue weighted by atomic mass is 19.4. The summed E-state index contributed by atoms with van der Waals surface area (Å²) >= 11 is 0. The van der Waals surface area contributed by atoms with E-state index < -0.39 is 23.7 Å². The van der Waals surface area contributed by atoms with E-state index in [0.717, 1.165) is 6.07 Å². The van der Waals surface area contributed by atoms with Crippen molar-refractivity contribution in [3.63, 3.8) is 0 Å². The van der Waals surface area contributed by atoms with Crippen LogP contribution in [0.1, 0.15) is 42.8 Å². The number of aliphatic hydroxyl groups is 1. The summed E-state index contributed by atoms with van der Waals surface area (Å²) in [6.07, 6.45) is -3.09. The molecule has 114 valence electrons. The van der Waals surface area contributed by atoms with E-state index in [1.807, 2.05) is 13.8 Å². The molecule has 0 spiro atoms. The van der Waals surface area contributed by atoms with Crippen LogP contribution >= 0.6 is 0 Å². The molecule has 0 aliphatic rings. The Bertz CT molecular complexity index is 634. The van der Waals surface area contributed by atoms with E-state index in [0.29, 0.717) is 17.8 Å². The van der Waals surface area contributed by atoms with Crippen LogP contribution in [0.4, 0.5) is 17.6 Å². The lowest BCUT2D eigenvalue weighted by atomic mass is 10.0. The van der Waals surface area contributed by atoms with Gasteiger partial charge in [-0.25, -0.2) is 9.37 Å². The molecule has 1 atom stereocenters. The van der Waals surface area contributed by atoms with Gasteiger partial charge in [-0.05, 0) is 31.5 Å². The normalized spacial score (nSPS) is 13.7. The van der Waals surface area contributed by atoms with Crippen molar-refractivity contribution in [1.82, 2.24) is 9.55 Å². The van der Waals surface area contributed by atoms with E-state index in [4.69, 9.17) is 0 Å². The van der Waals surface area contributed by atoms with Gasteiger partial charge < -0.3 is 9.67 Å². The number of aromatic nitrogens is 2. The molecule has 0 saturated carbocycles. The van der Waals surface area contributed by atoms with Gasteiger partial charge in [-0.1, -0.05) is 6.07 Å². The van der Waals surface area contributed by atoms with E-state index in [9.17, 15) is 22.7 Å². The van der Waals surface area contributed by atoms with E-state index in [-0.39, 0.29) is 11.6 Å². The van der Waals surface area contributed by atoms with Crippen LogP contribution < -0.4 is 0 Å². The number of hydrogen-bond acceptors (Lipinski definition) is 2. The summed E-state index contributed by atoms with van der Waals surface area (Å²) in [6.45, 7) is 3.73. The fourth-order valence-electron chi connectivity index (χ4n) is 2.06. The molecule has 0 saturated heterocycles. The van der Waals surface area contributed by atoms with Gasteiger partial charge in [0.15, 0.2) is 0 Å². The molecule has 0 radical (unpaired) electrons. The van der Waals surface area contributed by atoms with Crippen molar-refractivity contribution in [3.05, 3.63) is 53.4 Å². The zero-order chi connectivity index (χ0) is 15.8. The van der Waals surface area contributed by atoms with Crippen LogP contribution in [0, 0.1) is 5.82 Å². The lowest BCUT2D eigenvalue weighted by Gasteiger charge is -2.17. The Morgan fingerprint density at radius 3 is 2.43 bits per heavy atom. The second kappa shape index (κ2) is 5.48. The molecule has 3 nitrogen and oxygen atoms in total. The quantitative estimate of drug-likeness (QED) is 0.878. The Hall–Kier alpha value is -1.89. The van der Waals surface area contributed by atoms with Crippen LogP contribution in [-0.4, -0.2) is 14.7 Å². The number of aliphatic hydroxyl groups excluding tert-OH is 1. The molecule has 1 unspecified atom stereocenters. The van der Waals surface area contributed by atoms with E-state index in [1.165, 1.54) is 12.5 Å². The summed E-state index contributed by atoms with van der Waals surface area (Å²) in [5.74, 6) is -1.41. The van der Waals surface area contributed by atoms with E-state index in [2.05, 4.69) is 4.98 Å². The average molecular weight is 302 g/mol. The van der Waals surface area contributed by atoms with Crippen LogP contribution in [0.2, 0.25) is 0 Å². The maximum absolute atomic E-state index is 13.6. The standard InChI is InChI=1S/C14H14F4N2O/c1-8(2)20-7-19-6-12(20)13(21)9-3-4-10(11(15)5-9)14(16,17)18/h3-8,13,21H,1-2H3. The first-order valence-electron chi connectivity index (χ1n) is 6.28. The minimum atomic E-state index is -4.76. The van der Waals surface area contributed by atoms with Crippen molar-refractivity contribution in [2.24, 2.45) is 0 Å². The van der Waals surface area contributed by atoms with E-state index in [1.54, 1.807) is 4.57 Å². The molecule has 0 amide bonds. The predicted octanol–water partition coefficient (Wildman–Crippen LogP) is 3.70. The molecule has 2 aromatic rings. The second-order valence-electron chi connectivity index (χ2n) is 4.96. The predicted molar refractivity (Wildman–Crippen MR) is 68.1 cm³/mol. The average Bonchev–Trinajstić information content (AvgIpc) is 2.85. The molecule has 21 heavy (non-hydrogen) atoms. The number of alkyl halides is 3. The third kappa shape index (κ3) is 3.07. The molecular weight excluding hydrogens is 288 g/mol. The number of hydrogen-bond donors (Lipinski definition) is 1. The van der Waals surface area contributed by atoms with Crippen molar-refractivity contribution in [1.29, 1.82) is 0 Å². The SMILES string of the molecule is CC(C)n1cncc1C(O)c1ccc(C(F)(F)F)c(F)c1. The molecule has 7 heteroatoms. The van der Waals surface area contributed by atoms with E-state index >= 15 is 0 Å². The van der Waals surface area contributed by atoms with Crippen molar-refractivity contribution in [3.8, 4) is 0 Å². The molecule has 1 heterocycles. The van der Waals surface area contributed by atoms with Gasteiger partial charge in [0.05, 0.1) is 23.8 Å². The van der Waals surface area contributed by atoms with Crippen LogP contribution in [0.5, 0.6) is 0 Å². The summed E-state index contributed by atoms with van der Waals surface area (Å²) in [6, 6.07) is 2.40. The zero-order valence-corrected chi connectivity index (χ0v) is 11.4. The lowest BCUT2D eigenvalue weighted by molar-refractivity contribution is -0.140. The highest BCUT2D eigenvalue weighted by Crippen LogP contribution is 2.33. The fraction of sp³-hybridized carbons (Fsp3) is 0.357. The first-order valence-corrected chi connectivity index (χ1v) is 6.28. The Morgan fingerprint density at radius 1 is 1.24 bits per heavy atom. The summed E-state index contributed by atoms with van der Waals surface area (Å²) < 4.78 is 52.7. The number of benzene rings is 1. The molecular formula is C14H14F4N2O. The number of rotatable bonds is 3. The van der Waals surface area contributed by atoms with Gasteiger partial charge in [0.1, 0.15) is 11.9 Å². The largest absolute Gasteiger partial charge is 0.419 e. The zero-order valence-electron chi connectivity index (χ0n) is 11.4. The van der Waals surface area contributed by atoms with Gasteiger partial charge in [0.2, 0.25) is 0 Å². The van der Waals surface area contributed by atoms with Crippen LogP contribution in [0.25, 0.3) is 0 Å². The van der Waals surface area contributed by atoms with Gasteiger partial charge in [-0.15, -0.1) is 0 Å². The first kappa shape index (κ1) is 15.5. The maximum atomic E-state index is 13.6. The Labute approximate surface area is 118 Å². The molecule has 0 aliphatic heterocycles. The van der Waals surface area contributed by atoms with Gasteiger partial charge in [-0.2, -0.15) is 13.2 Å². The van der Waals surface area contributed by atoms with Gasteiger partial charge >= 0.3 is 6.18 Å². The minimum Gasteiger partial charge on any atom is -0.382 e. The molecule has 0 aliphatic carbocycles. The maximum Gasteiger partial charge on any atom is 0.419 e. The van der Waals surface area contributed by atoms with Gasteiger partial charge in [-0.3, -0.25) is 0 Å². The highest BCUT2D eigenvalue weighted by Gasteiger charge is 2.34. The molecule has 0 fully saturated rings. The van der Waals surface area contributed by atoms with Crippen molar-refractivity contribution >= 4 is 0 Å². The van der Waals surface area contributed by atoms with Crippen molar-refractivity contribution < 1.29 is 22.7 Å². The van der Waals surface area contributed by atoms with Gasteiger partial charge in [0, 0.05) is 6.04 Å². The number of imidazole rings is 1. The molecule has 2 rings (SSSR count). The van der Waals surface area contributed by atoms with Crippen LogP contribution in [0.3, 0.4) is 0 Å². The van der Waals surface area contributed by atoms with Crippen LogP contribution in [-0.2, 0) is 6.18 Å². The molecule has 1 N–H and O–H groups in total. The third-order valence-corrected chi connectivity index (χ3v) is 3.15. The minimum absolute atomic E-state index is 0.0106. The Morgan fingerprint density at radius 2 is 1.90 bits per heavy atom. The molecule has 0 bridgehead atoms. The Kier molecular flexibility index (Phi) is 4.04. The smallest absolute Gasteiger partial charge is 0.382 e. The summed E-state index contributed by atoms with van der Waals surface area (Å²) in [5.41, 5.74) is -0.914. The summed E-state index contributed by atoms with van der Waals surface area (Å²) in [5, 5.41) is 10.2. The van der Waals surface area contributed by atoms with Crippen molar-refractivity contribution in [2.45, 2.75) is 32.2 Å². The second-order valence-corrected chi connectivity index (χ2v) is 4.96. The summed E-state index contributed by atoms with van der Waals surface area (Å²) in [7, 11) is 0. The number of nitrogens with zero attached hydrogens (tertiary/aromatic N) is 2. The van der Waals surface area contributed by atoms with Crippen LogP contribution in [0.15, 0.2) is 30.7 Å². The summed E-state index contributed by atoms with van der Waals surface area (Å²) in [4.78, 5) is 3.90. The van der Waals surface area contributed by atoms with Gasteiger partial charge in [0.25, 0.3) is 0 Å². The third-order valence-electron chi connectivity index (χ3n) is 3.15. The highest BCUT2D eigenvalue weighted by molar-refractivity contribution is 5.31. The lowest BCUT2D eigenvalue weighted by Crippen LogP contribution is -2.12.